The largest absolute Gasteiger partial charge is 0.476 e. The number of nitro groups is 1. The van der Waals surface area contributed by atoms with Crippen molar-refractivity contribution < 1.29 is 14.8 Å². The molecule has 20 heavy (non-hydrogen) atoms. The van der Waals surface area contributed by atoms with Crippen molar-refractivity contribution in [3.63, 3.8) is 0 Å². The minimum atomic E-state index is -1.15. The molecule has 0 saturated heterocycles. The van der Waals surface area contributed by atoms with E-state index >= 15 is 0 Å². The van der Waals surface area contributed by atoms with Crippen LogP contribution in [0.2, 0.25) is 0 Å². The summed E-state index contributed by atoms with van der Waals surface area (Å²) in [7, 11) is 0. The maximum absolute atomic E-state index is 10.6. The molecule has 0 unspecified atom stereocenters. The standard InChI is InChI=1S/C12H10N4O4/c17-12(18)10-4-5-11(15-14-10)13-7-8-2-1-3-9(6-8)16(19)20/h1-6H,7H2,(H,13,15)(H,17,18). The normalized spacial score (nSPS) is 10.0. The minimum Gasteiger partial charge on any atom is -0.476 e. The highest BCUT2D eigenvalue weighted by Crippen LogP contribution is 2.14. The third-order valence-electron chi connectivity index (χ3n) is 2.48. The molecule has 0 saturated carbocycles. The number of benzene rings is 1. The second-order valence-electron chi connectivity index (χ2n) is 3.89. The molecule has 0 aliphatic carbocycles. The number of nitro benzene ring substituents is 1. The predicted octanol–water partition coefficient (Wildman–Crippen LogP) is 1.70. The van der Waals surface area contributed by atoms with Gasteiger partial charge in [-0.3, -0.25) is 10.1 Å². The lowest BCUT2D eigenvalue weighted by Crippen LogP contribution is -2.06. The maximum Gasteiger partial charge on any atom is 0.356 e. The van der Waals surface area contributed by atoms with Crippen molar-refractivity contribution >= 4 is 17.5 Å². The molecule has 0 radical (unpaired) electrons. The minimum absolute atomic E-state index is 0.0107. The molecule has 2 N–H and O–H groups in total. The summed E-state index contributed by atoms with van der Waals surface area (Å²) in [4.78, 5) is 20.8. The Morgan fingerprint density at radius 3 is 2.70 bits per heavy atom. The van der Waals surface area contributed by atoms with E-state index in [1.165, 1.54) is 24.3 Å². The number of aromatic carboxylic acids is 1. The Bertz CT molecular complexity index is 642. The van der Waals surface area contributed by atoms with Crippen LogP contribution >= 0.6 is 0 Å². The van der Waals surface area contributed by atoms with Crippen molar-refractivity contribution in [3.05, 3.63) is 57.8 Å². The lowest BCUT2D eigenvalue weighted by molar-refractivity contribution is -0.384. The first-order valence-corrected chi connectivity index (χ1v) is 5.60. The molecule has 0 spiro atoms. The summed E-state index contributed by atoms with van der Waals surface area (Å²) in [5.41, 5.74) is 0.575. The summed E-state index contributed by atoms with van der Waals surface area (Å²) >= 11 is 0. The van der Waals surface area contributed by atoms with E-state index in [1.807, 2.05) is 0 Å². The lowest BCUT2D eigenvalue weighted by atomic mass is 10.2. The highest BCUT2D eigenvalue weighted by Gasteiger charge is 2.07. The molecular weight excluding hydrogens is 264 g/mol. The molecule has 0 bridgehead atoms. The number of nitrogens with one attached hydrogen (secondary N) is 1. The number of rotatable bonds is 5. The molecule has 8 nitrogen and oxygen atoms in total. The zero-order valence-corrected chi connectivity index (χ0v) is 10.2. The summed E-state index contributed by atoms with van der Waals surface area (Å²) in [6, 6.07) is 8.99. The molecule has 1 aromatic heterocycles. The second kappa shape index (κ2) is 5.74. The number of carboxylic acids is 1. The van der Waals surface area contributed by atoms with Gasteiger partial charge in [-0.25, -0.2) is 4.79 Å². The fourth-order valence-corrected chi connectivity index (χ4v) is 1.51. The number of carboxylic acid groups (broad SMARTS) is 1. The fourth-order valence-electron chi connectivity index (χ4n) is 1.51. The molecule has 1 aromatic carbocycles. The van der Waals surface area contributed by atoms with Crippen molar-refractivity contribution in [3.8, 4) is 0 Å². The second-order valence-corrected chi connectivity index (χ2v) is 3.89. The average molecular weight is 274 g/mol. The van der Waals surface area contributed by atoms with E-state index in [-0.39, 0.29) is 11.4 Å². The van der Waals surface area contributed by atoms with E-state index in [0.717, 1.165) is 0 Å². The van der Waals surface area contributed by atoms with E-state index in [2.05, 4.69) is 15.5 Å². The molecule has 0 amide bonds. The van der Waals surface area contributed by atoms with Gasteiger partial charge in [-0.05, 0) is 17.7 Å². The zero-order valence-electron chi connectivity index (χ0n) is 10.2. The Balaban J connectivity index is 2.03. The van der Waals surface area contributed by atoms with Crippen LogP contribution in [0.1, 0.15) is 16.1 Å². The van der Waals surface area contributed by atoms with Gasteiger partial charge in [-0.2, -0.15) is 0 Å². The predicted molar refractivity (Wildman–Crippen MR) is 69.4 cm³/mol. The number of anilines is 1. The van der Waals surface area contributed by atoms with Gasteiger partial charge in [0.1, 0.15) is 5.82 Å². The topological polar surface area (TPSA) is 118 Å². The fraction of sp³-hybridized carbons (Fsp3) is 0.0833. The van der Waals surface area contributed by atoms with Gasteiger partial charge in [-0.1, -0.05) is 12.1 Å². The van der Waals surface area contributed by atoms with E-state index < -0.39 is 10.9 Å². The van der Waals surface area contributed by atoms with Gasteiger partial charge in [0.25, 0.3) is 5.69 Å². The molecule has 2 aromatic rings. The molecule has 2 rings (SSSR count). The Morgan fingerprint density at radius 2 is 2.10 bits per heavy atom. The SMILES string of the molecule is O=C(O)c1ccc(NCc2cccc([N+](=O)[O-])c2)nn1. The average Bonchev–Trinajstić information content (AvgIpc) is 2.46. The van der Waals surface area contributed by atoms with Crippen LogP contribution in [0, 0.1) is 10.1 Å². The van der Waals surface area contributed by atoms with Gasteiger partial charge >= 0.3 is 5.97 Å². The molecule has 102 valence electrons. The quantitative estimate of drug-likeness (QED) is 0.629. The molecule has 0 aliphatic rings. The first kappa shape index (κ1) is 13.4. The number of aromatic nitrogens is 2. The Labute approximate surface area is 113 Å². The number of non-ortho nitro benzene ring substituents is 1. The van der Waals surface area contributed by atoms with Crippen LogP contribution in [0.4, 0.5) is 11.5 Å². The number of hydrogen-bond donors (Lipinski definition) is 2. The summed E-state index contributed by atoms with van der Waals surface area (Å²) in [6.45, 7) is 0.322. The van der Waals surface area contributed by atoms with Gasteiger partial charge in [-0.15, -0.1) is 10.2 Å². The van der Waals surface area contributed by atoms with Gasteiger partial charge in [0.15, 0.2) is 5.69 Å². The van der Waals surface area contributed by atoms with Crippen LogP contribution in [0.3, 0.4) is 0 Å². The van der Waals surface area contributed by atoms with E-state index in [4.69, 9.17) is 5.11 Å². The number of carbonyl (C=O) groups is 1. The summed E-state index contributed by atoms with van der Waals surface area (Å²) in [6.07, 6.45) is 0. The van der Waals surface area contributed by atoms with Gasteiger partial charge < -0.3 is 10.4 Å². The van der Waals surface area contributed by atoms with Crippen LogP contribution < -0.4 is 5.32 Å². The Hall–Kier alpha value is -3.03. The van der Waals surface area contributed by atoms with Crippen LogP contribution in [0.25, 0.3) is 0 Å². The van der Waals surface area contributed by atoms with Crippen LogP contribution in [-0.2, 0) is 6.54 Å². The highest BCUT2D eigenvalue weighted by molar-refractivity contribution is 5.85. The monoisotopic (exact) mass is 274 g/mol. The smallest absolute Gasteiger partial charge is 0.356 e. The summed E-state index contributed by atoms with van der Waals surface area (Å²) in [5.74, 6) is -0.760. The van der Waals surface area contributed by atoms with E-state index in [9.17, 15) is 14.9 Å². The van der Waals surface area contributed by atoms with Crippen molar-refractivity contribution in [2.75, 3.05) is 5.32 Å². The molecule has 0 fully saturated rings. The summed E-state index contributed by atoms with van der Waals surface area (Å²) in [5, 5.41) is 29.4. The third-order valence-corrected chi connectivity index (χ3v) is 2.48. The molecular formula is C12H10N4O4. The van der Waals surface area contributed by atoms with E-state index in [1.54, 1.807) is 12.1 Å². The number of hydrogen-bond acceptors (Lipinski definition) is 6. The number of nitrogens with zero attached hydrogens (tertiary/aromatic N) is 3. The van der Waals surface area contributed by atoms with Gasteiger partial charge in [0.2, 0.25) is 0 Å². The van der Waals surface area contributed by atoms with Crippen molar-refractivity contribution in [1.29, 1.82) is 0 Å². The summed E-state index contributed by atoms with van der Waals surface area (Å²) < 4.78 is 0. The maximum atomic E-state index is 10.6. The lowest BCUT2D eigenvalue weighted by Gasteiger charge is -2.05. The van der Waals surface area contributed by atoms with Crippen LogP contribution in [-0.4, -0.2) is 26.2 Å². The van der Waals surface area contributed by atoms with Gasteiger partial charge in [0, 0.05) is 18.7 Å². The van der Waals surface area contributed by atoms with Crippen molar-refractivity contribution in [2.24, 2.45) is 0 Å². The zero-order chi connectivity index (χ0) is 14.5. The molecule has 8 heteroatoms. The highest BCUT2D eigenvalue weighted by atomic mass is 16.6. The van der Waals surface area contributed by atoms with Crippen LogP contribution in [0.15, 0.2) is 36.4 Å². The van der Waals surface area contributed by atoms with Crippen molar-refractivity contribution in [2.45, 2.75) is 6.54 Å². The molecule has 0 atom stereocenters. The third kappa shape index (κ3) is 3.25. The Morgan fingerprint density at radius 1 is 1.30 bits per heavy atom. The molecule has 1 heterocycles. The first-order valence-electron chi connectivity index (χ1n) is 5.60. The Kier molecular flexibility index (Phi) is 3.85. The molecule has 0 aliphatic heterocycles. The van der Waals surface area contributed by atoms with Crippen molar-refractivity contribution in [1.82, 2.24) is 10.2 Å². The van der Waals surface area contributed by atoms with Gasteiger partial charge in [0.05, 0.1) is 4.92 Å². The van der Waals surface area contributed by atoms with E-state index in [0.29, 0.717) is 17.9 Å². The van der Waals surface area contributed by atoms with Crippen LogP contribution in [0.5, 0.6) is 0 Å². The first-order chi connectivity index (χ1) is 9.56.